The van der Waals surface area contributed by atoms with Gasteiger partial charge in [0.1, 0.15) is 0 Å². The Labute approximate surface area is 171 Å². The quantitative estimate of drug-likeness (QED) is 0.704. The van der Waals surface area contributed by atoms with E-state index in [0.29, 0.717) is 18.7 Å². The Kier molecular flexibility index (Phi) is 6.10. The van der Waals surface area contributed by atoms with Crippen LogP contribution in [0.3, 0.4) is 0 Å². The van der Waals surface area contributed by atoms with Gasteiger partial charge in [-0.05, 0) is 30.2 Å². The summed E-state index contributed by atoms with van der Waals surface area (Å²) in [5.41, 5.74) is 3.97. The number of ether oxygens (including phenoxy) is 1. The third-order valence-corrected chi connectivity index (χ3v) is 5.43. The highest BCUT2D eigenvalue weighted by Gasteiger charge is 2.28. The van der Waals surface area contributed by atoms with Crippen LogP contribution in [0.2, 0.25) is 0 Å². The number of esters is 1. The lowest BCUT2D eigenvalue weighted by atomic mass is 10.0. The van der Waals surface area contributed by atoms with E-state index in [1.165, 1.54) is 11.3 Å². The number of hydrogen-bond acceptors (Lipinski definition) is 6. The van der Waals surface area contributed by atoms with Crippen LogP contribution in [-0.4, -0.2) is 49.4 Å². The summed E-state index contributed by atoms with van der Waals surface area (Å²) < 4.78 is 4.99. The van der Waals surface area contributed by atoms with Gasteiger partial charge in [-0.25, -0.2) is 4.79 Å². The van der Waals surface area contributed by atoms with Crippen LogP contribution in [0.25, 0.3) is 0 Å². The van der Waals surface area contributed by atoms with Crippen molar-refractivity contribution in [3.05, 3.63) is 65.7 Å². The molecule has 0 bridgehead atoms. The highest BCUT2D eigenvalue weighted by Crippen LogP contribution is 2.29. The van der Waals surface area contributed by atoms with Crippen LogP contribution in [0.15, 0.2) is 59.8 Å². The van der Waals surface area contributed by atoms with Crippen LogP contribution in [-0.2, 0) is 20.9 Å². The number of carbonyl (C=O) groups is 1. The summed E-state index contributed by atoms with van der Waals surface area (Å²) in [6, 6.07) is 19.0. The number of piperazine rings is 1. The summed E-state index contributed by atoms with van der Waals surface area (Å²) in [6.45, 7) is 7.28. The minimum absolute atomic E-state index is 0.217. The summed E-state index contributed by atoms with van der Waals surface area (Å²) in [4.78, 5) is 22.1. The highest BCUT2D eigenvalue weighted by molar-refractivity contribution is 6.36. The summed E-state index contributed by atoms with van der Waals surface area (Å²) in [5, 5.41) is 3.89. The molecule has 6 nitrogen and oxygen atoms in total. The topological polar surface area (TPSA) is 54.4 Å². The minimum Gasteiger partial charge on any atom is -0.461 e. The van der Waals surface area contributed by atoms with Gasteiger partial charge in [0, 0.05) is 44.8 Å². The van der Waals surface area contributed by atoms with Gasteiger partial charge in [0.15, 0.2) is 11.8 Å². The van der Waals surface area contributed by atoms with Gasteiger partial charge in [0.25, 0.3) is 0 Å². The lowest BCUT2D eigenvalue weighted by Crippen LogP contribution is -2.45. The number of oxime groups is 1. The third kappa shape index (κ3) is 4.77. The Balaban J connectivity index is 1.29. The van der Waals surface area contributed by atoms with Crippen molar-refractivity contribution in [1.82, 2.24) is 4.90 Å². The molecule has 0 radical (unpaired) electrons. The summed E-state index contributed by atoms with van der Waals surface area (Å²) in [7, 11) is 0. The summed E-state index contributed by atoms with van der Waals surface area (Å²) in [5.74, 6) is -0.389. The Hall–Kier alpha value is -2.86. The van der Waals surface area contributed by atoms with E-state index in [1.807, 2.05) is 0 Å². The first-order chi connectivity index (χ1) is 14.2. The maximum Gasteiger partial charge on any atom is 0.356 e. The Bertz CT molecular complexity index is 843. The molecule has 6 heteroatoms. The van der Waals surface area contributed by atoms with Crippen molar-refractivity contribution in [2.75, 3.05) is 37.7 Å². The van der Waals surface area contributed by atoms with Gasteiger partial charge in [-0.2, -0.15) is 0 Å². The molecule has 1 unspecified atom stereocenters. The van der Waals surface area contributed by atoms with E-state index in [9.17, 15) is 4.79 Å². The van der Waals surface area contributed by atoms with Crippen LogP contribution < -0.4 is 4.90 Å². The molecule has 2 aliphatic heterocycles. The predicted molar refractivity (Wildman–Crippen MR) is 113 cm³/mol. The van der Waals surface area contributed by atoms with Gasteiger partial charge in [-0.1, -0.05) is 47.6 Å². The number of anilines is 1. The fraction of sp³-hybridized carbons (Fsp3) is 0.391. The Morgan fingerprint density at radius 1 is 1.07 bits per heavy atom. The Morgan fingerprint density at radius 3 is 2.48 bits per heavy atom. The summed E-state index contributed by atoms with van der Waals surface area (Å²) >= 11 is 0. The molecule has 2 heterocycles. The molecule has 0 saturated carbocycles. The van der Waals surface area contributed by atoms with E-state index in [1.54, 1.807) is 6.92 Å². The second-order valence-electron chi connectivity index (χ2n) is 7.40. The van der Waals surface area contributed by atoms with Gasteiger partial charge >= 0.3 is 5.97 Å². The molecular weight excluding hydrogens is 366 g/mol. The van der Waals surface area contributed by atoms with Gasteiger partial charge < -0.3 is 14.5 Å². The molecule has 1 atom stereocenters. The third-order valence-electron chi connectivity index (χ3n) is 5.43. The average Bonchev–Trinajstić information content (AvgIpc) is 3.26. The second-order valence-corrected chi connectivity index (χ2v) is 7.40. The molecule has 152 valence electrons. The molecule has 0 spiro atoms. The molecule has 4 rings (SSSR count). The fourth-order valence-corrected chi connectivity index (χ4v) is 3.80. The summed E-state index contributed by atoms with van der Waals surface area (Å²) in [6.07, 6.45) is 0.238. The molecule has 2 aromatic carbocycles. The van der Waals surface area contributed by atoms with Gasteiger partial charge in [-0.3, -0.25) is 4.90 Å². The zero-order chi connectivity index (χ0) is 20.1. The molecule has 1 fully saturated rings. The number of carbonyl (C=O) groups excluding carboxylic acids is 1. The zero-order valence-electron chi connectivity index (χ0n) is 16.8. The molecule has 0 aromatic heterocycles. The molecule has 0 N–H and O–H groups in total. The first-order valence-electron chi connectivity index (χ1n) is 10.2. The maximum atomic E-state index is 11.8. The molecule has 2 aliphatic rings. The lowest BCUT2D eigenvalue weighted by Gasteiger charge is -2.36. The minimum atomic E-state index is -0.389. The number of benzene rings is 2. The van der Waals surface area contributed by atoms with Gasteiger partial charge in [-0.15, -0.1) is 0 Å². The standard InChI is InChI=1S/C23H27N3O3/c1-2-28-23(27)21-16-22(29-24-21)19-8-10-20(11-9-19)26-14-12-25(13-15-26)17-18-6-4-3-5-7-18/h3-11,22H,2,12-17H2,1H3. The van der Waals surface area contributed by atoms with Crippen LogP contribution in [0.4, 0.5) is 5.69 Å². The van der Waals surface area contributed by atoms with Crippen molar-refractivity contribution >= 4 is 17.4 Å². The van der Waals surface area contributed by atoms with Crippen LogP contribution in [0, 0.1) is 0 Å². The number of nitrogens with zero attached hydrogens (tertiary/aromatic N) is 3. The molecule has 2 aromatic rings. The van der Waals surface area contributed by atoms with Crippen LogP contribution >= 0.6 is 0 Å². The van der Waals surface area contributed by atoms with Crippen molar-refractivity contribution in [2.45, 2.75) is 26.0 Å². The number of hydrogen-bond donors (Lipinski definition) is 0. The van der Waals surface area contributed by atoms with Crippen LogP contribution in [0.5, 0.6) is 0 Å². The Morgan fingerprint density at radius 2 is 1.79 bits per heavy atom. The van der Waals surface area contributed by atoms with Gasteiger partial charge in [0.2, 0.25) is 0 Å². The number of rotatable bonds is 6. The average molecular weight is 393 g/mol. The van der Waals surface area contributed by atoms with Crippen LogP contribution in [0.1, 0.15) is 30.6 Å². The molecule has 0 amide bonds. The maximum absolute atomic E-state index is 11.8. The van der Waals surface area contributed by atoms with Crippen molar-refractivity contribution in [1.29, 1.82) is 0 Å². The van der Waals surface area contributed by atoms with E-state index in [2.05, 4.69) is 69.6 Å². The first kappa shape index (κ1) is 19.5. The second kappa shape index (κ2) is 9.09. The highest BCUT2D eigenvalue weighted by atomic mass is 16.6. The normalized spacial score (nSPS) is 19.6. The van der Waals surface area contributed by atoms with Crippen molar-refractivity contribution in [3.63, 3.8) is 0 Å². The molecule has 1 saturated heterocycles. The van der Waals surface area contributed by atoms with Crippen molar-refractivity contribution in [2.24, 2.45) is 5.16 Å². The van der Waals surface area contributed by atoms with E-state index in [-0.39, 0.29) is 12.1 Å². The van der Waals surface area contributed by atoms with E-state index >= 15 is 0 Å². The molecular formula is C23H27N3O3. The van der Waals surface area contributed by atoms with E-state index in [0.717, 1.165) is 38.3 Å². The zero-order valence-corrected chi connectivity index (χ0v) is 16.8. The van der Waals surface area contributed by atoms with Gasteiger partial charge in [0.05, 0.1) is 6.61 Å². The van der Waals surface area contributed by atoms with Crippen molar-refractivity contribution < 1.29 is 14.4 Å². The molecule has 29 heavy (non-hydrogen) atoms. The predicted octanol–water partition coefficient (Wildman–Crippen LogP) is 3.39. The smallest absolute Gasteiger partial charge is 0.356 e. The van der Waals surface area contributed by atoms with E-state index in [4.69, 9.17) is 9.57 Å². The fourth-order valence-electron chi connectivity index (χ4n) is 3.80. The monoisotopic (exact) mass is 393 g/mol. The molecule has 0 aliphatic carbocycles. The largest absolute Gasteiger partial charge is 0.461 e. The van der Waals surface area contributed by atoms with E-state index < -0.39 is 0 Å². The van der Waals surface area contributed by atoms with Crippen molar-refractivity contribution in [3.8, 4) is 0 Å². The SMILES string of the molecule is CCOC(=O)C1=NOC(c2ccc(N3CCN(Cc4ccccc4)CC3)cc2)C1. The first-order valence-corrected chi connectivity index (χ1v) is 10.2. The lowest BCUT2D eigenvalue weighted by molar-refractivity contribution is -0.135.